The molecule has 6 aromatic rings. The third kappa shape index (κ3) is 3.66. The Morgan fingerprint density at radius 3 is 2.00 bits per heavy atom. The third-order valence-corrected chi connectivity index (χ3v) is 11.3. The van der Waals surface area contributed by atoms with E-state index in [4.69, 9.17) is 9.15 Å². The van der Waals surface area contributed by atoms with Crippen LogP contribution in [0.1, 0.15) is 33.4 Å². The van der Waals surface area contributed by atoms with Gasteiger partial charge in [-0.3, -0.25) is 4.79 Å². The molecule has 44 heavy (non-hydrogen) atoms. The molecule has 0 bridgehead atoms. The molecular weight excluding hydrogens is 559 g/mol. The van der Waals surface area contributed by atoms with Gasteiger partial charge in [0.1, 0.15) is 17.1 Å². The first kappa shape index (κ1) is 26.7. The molecular formula is C39H33NO3Si. The zero-order valence-electron chi connectivity index (χ0n) is 25.6. The van der Waals surface area contributed by atoms with E-state index >= 15 is 0 Å². The highest BCUT2D eigenvalue weighted by Crippen LogP contribution is 2.62. The van der Waals surface area contributed by atoms with Gasteiger partial charge in [0.2, 0.25) is 0 Å². The Morgan fingerprint density at radius 2 is 1.32 bits per heavy atom. The van der Waals surface area contributed by atoms with E-state index in [-0.39, 0.29) is 5.43 Å². The van der Waals surface area contributed by atoms with E-state index in [1.807, 2.05) is 18.2 Å². The van der Waals surface area contributed by atoms with Gasteiger partial charge in [0, 0.05) is 28.4 Å². The summed E-state index contributed by atoms with van der Waals surface area (Å²) in [6, 6.07) is 36.7. The average molecular weight is 592 g/mol. The first-order chi connectivity index (χ1) is 21.2. The lowest BCUT2D eigenvalue weighted by Crippen LogP contribution is -2.43. The number of hydrogen-bond acceptors (Lipinski definition) is 4. The van der Waals surface area contributed by atoms with Gasteiger partial charge < -0.3 is 14.1 Å². The number of aryl methyl sites for hydroxylation is 2. The molecule has 0 N–H and O–H groups in total. The fraction of sp³-hybridized carbons (Fsp3) is 0.154. The minimum atomic E-state index is -1.71. The van der Waals surface area contributed by atoms with Crippen molar-refractivity contribution in [1.82, 2.24) is 0 Å². The molecule has 3 heterocycles. The molecule has 216 valence electrons. The lowest BCUT2D eigenvalue weighted by Gasteiger charge is -2.49. The molecule has 5 heteroatoms. The standard InChI is InChI=1S/C39H33NO3Si/c1-24-14-18-33-31(20-24)39(29-10-6-8-12-35(29)43-36-13-9-7-11-30(36)39)32-22-27(44(3,4)5)16-19-34(32)40(33)26-15-17-28-37(21-26)42-23-25(2)38(28)41/h6-23H,1-5H3. The summed E-state index contributed by atoms with van der Waals surface area (Å²) >= 11 is 0. The van der Waals surface area contributed by atoms with Gasteiger partial charge in [-0.25, -0.2) is 0 Å². The van der Waals surface area contributed by atoms with E-state index in [0.717, 1.165) is 39.7 Å². The van der Waals surface area contributed by atoms with Crippen LogP contribution in [0.4, 0.5) is 17.1 Å². The quantitative estimate of drug-likeness (QED) is 0.188. The summed E-state index contributed by atoms with van der Waals surface area (Å²) < 4.78 is 12.6. The van der Waals surface area contributed by atoms with E-state index in [0.29, 0.717) is 16.5 Å². The Kier molecular flexibility index (Phi) is 5.66. The SMILES string of the molecule is Cc1ccc2c(c1)C1(c3ccccc3Oc3ccccc31)c1cc([Si](C)(C)C)ccc1N2c1ccc2c(=O)c(C)coc2c1. The van der Waals surface area contributed by atoms with Gasteiger partial charge in [-0.2, -0.15) is 0 Å². The molecule has 0 amide bonds. The van der Waals surface area contributed by atoms with Crippen LogP contribution in [0.15, 0.2) is 119 Å². The number of anilines is 3. The maximum absolute atomic E-state index is 12.9. The Morgan fingerprint density at radius 1 is 0.682 bits per heavy atom. The molecule has 0 saturated carbocycles. The predicted molar refractivity (Wildman–Crippen MR) is 182 cm³/mol. The molecule has 0 aliphatic carbocycles. The maximum atomic E-state index is 12.9. The molecule has 1 spiro atoms. The number of fused-ring (bicyclic) bond motifs is 9. The summed E-state index contributed by atoms with van der Waals surface area (Å²) in [6.07, 6.45) is 1.56. The molecule has 0 radical (unpaired) electrons. The zero-order valence-corrected chi connectivity index (χ0v) is 26.6. The van der Waals surface area contributed by atoms with Gasteiger partial charge in [0.25, 0.3) is 0 Å². The largest absolute Gasteiger partial charge is 0.464 e. The molecule has 2 aliphatic rings. The maximum Gasteiger partial charge on any atom is 0.195 e. The zero-order chi connectivity index (χ0) is 30.4. The van der Waals surface area contributed by atoms with Gasteiger partial charge in [-0.1, -0.05) is 91.1 Å². The van der Waals surface area contributed by atoms with Gasteiger partial charge >= 0.3 is 0 Å². The van der Waals surface area contributed by atoms with Crippen molar-refractivity contribution in [2.75, 3.05) is 4.90 Å². The average Bonchev–Trinajstić information content (AvgIpc) is 3.02. The van der Waals surface area contributed by atoms with Crippen molar-refractivity contribution in [3.05, 3.63) is 153 Å². The van der Waals surface area contributed by atoms with Crippen LogP contribution in [-0.4, -0.2) is 8.07 Å². The molecule has 5 aromatic carbocycles. The number of ether oxygens (including phenoxy) is 1. The van der Waals surface area contributed by atoms with Crippen LogP contribution >= 0.6 is 0 Å². The van der Waals surface area contributed by atoms with Crippen molar-refractivity contribution in [1.29, 1.82) is 0 Å². The van der Waals surface area contributed by atoms with Crippen molar-refractivity contribution < 1.29 is 9.15 Å². The topological polar surface area (TPSA) is 42.7 Å². The highest BCUT2D eigenvalue weighted by molar-refractivity contribution is 6.88. The number of benzene rings is 5. The molecule has 1 aromatic heterocycles. The van der Waals surface area contributed by atoms with E-state index in [2.05, 4.69) is 116 Å². The monoisotopic (exact) mass is 591 g/mol. The van der Waals surface area contributed by atoms with E-state index < -0.39 is 13.5 Å². The first-order valence-electron chi connectivity index (χ1n) is 15.1. The van der Waals surface area contributed by atoms with Crippen LogP contribution in [-0.2, 0) is 5.41 Å². The Bertz CT molecular complexity index is 2160. The second kappa shape index (κ2) is 9.31. The lowest BCUT2D eigenvalue weighted by atomic mass is 9.61. The number of rotatable bonds is 2. The molecule has 4 nitrogen and oxygen atoms in total. The van der Waals surface area contributed by atoms with Crippen molar-refractivity contribution in [2.45, 2.75) is 38.9 Å². The van der Waals surface area contributed by atoms with E-state index in [9.17, 15) is 4.79 Å². The van der Waals surface area contributed by atoms with Gasteiger partial charge in [-0.05, 0) is 61.4 Å². The third-order valence-electron chi connectivity index (χ3n) is 9.30. The normalized spacial score (nSPS) is 14.4. The minimum Gasteiger partial charge on any atom is -0.464 e. The van der Waals surface area contributed by atoms with Crippen LogP contribution in [0, 0.1) is 13.8 Å². The molecule has 0 saturated heterocycles. The minimum absolute atomic E-state index is 0.00187. The first-order valence-corrected chi connectivity index (χ1v) is 18.6. The molecule has 2 aliphatic heterocycles. The summed E-state index contributed by atoms with van der Waals surface area (Å²) in [7, 11) is -1.71. The summed E-state index contributed by atoms with van der Waals surface area (Å²) in [4.78, 5) is 15.3. The van der Waals surface area contributed by atoms with Gasteiger partial charge in [-0.15, -0.1) is 0 Å². The van der Waals surface area contributed by atoms with Crippen molar-refractivity contribution >= 4 is 41.3 Å². The smallest absolute Gasteiger partial charge is 0.195 e. The van der Waals surface area contributed by atoms with Crippen LogP contribution in [0.3, 0.4) is 0 Å². The van der Waals surface area contributed by atoms with Crippen LogP contribution in [0.25, 0.3) is 11.0 Å². The van der Waals surface area contributed by atoms with Crippen molar-refractivity contribution in [3.63, 3.8) is 0 Å². The van der Waals surface area contributed by atoms with Crippen molar-refractivity contribution in [3.8, 4) is 11.5 Å². The van der Waals surface area contributed by atoms with Crippen molar-refractivity contribution in [2.24, 2.45) is 0 Å². The van der Waals surface area contributed by atoms with E-state index in [1.54, 1.807) is 13.2 Å². The fourth-order valence-electron chi connectivity index (χ4n) is 7.12. The number of nitrogens with zero attached hydrogens (tertiary/aromatic N) is 1. The second-order valence-corrected chi connectivity index (χ2v) is 18.2. The van der Waals surface area contributed by atoms with Crippen LogP contribution < -0.4 is 20.3 Å². The van der Waals surface area contributed by atoms with E-state index in [1.165, 1.54) is 21.9 Å². The molecule has 8 rings (SSSR count). The second-order valence-electron chi connectivity index (χ2n) is 13.1. The number of hydrogen-bond donors (Lipinski definition) is 0. The highest BCUT2D eigenvalue weighted by atomic mass is 28.3. The molecule has 0 fully saturated rings. The predicted octanol–water partition coefficient (Wildman–Crippen LogP) is 9.23. The lowest BCUT2D eigenvalue weighted by molar-refractivity contribution is 0.434. The Balaban J connectivity index is 1.53. The summed E-state index contributed by atoms with van der Waals surface area (Å²) in [5.74, 6) is 1.75. The van der Waals surface area contributed by atoms with Crippen LogP contribution in [0.2, 0.25) is 19.6 Å². The fourth-order valence-corrected chi connectivity index (χ4v) is 8.28. The van der Waals surface area contributed by atoms with Crippen LogP contribution in [0.5, 0.6) is 11.5 Å². The highest BCUT2D eigenvalue weighted by Gasteiger charge is 2.51. The molecule has 0 unspecified atom stereocenters. The summed E-state index contributed by atoms with van der Waals surface area (Å²) in [5, 5.41) is 1.99. The van der Waals surface area contributed by atoms with Gasteiger partial charge in [0.15, 0.2) is 5.43 Å². The Labute approximate surface area is 258 Å². The Hall–Kier alpha value is -4.87. The summed E-state index contributed by atoms with van der Waals surface area (Å²) in [6.45, 7) is 11.2. The number of para-hydroxylation sites is 2. The summed E-state index contributed by atoms with van der Waals surface area (Å²) in [5.41, 5.74) is 9.61. The molecule has 0 atom stereocenters. The van der Waals surface area contributed by atoms with Gasteiger partial charge in [0.05, 0.1) is 36.5 Å².